The Labute approximate surface area is 219 Å². The first-order chi connectivity index (χ1) is 17.4. The first-order valence-electron chi connectivity index (χ1n) is 14.4. The molecule has 0 rings (SSSR count). The van der Waals surface area contributed by atoms with Crippen LogP contribution < -0.4 is 0 Å². The van der Waals surface area contributed by atoms with Crippen LogP contribution in [0.3, 0.4) is 0 Å². The first kappa shape index (κ1) is 36.4. The third kappa shape index (κ3) is 23.0. The molecule has 0 saturated carbocycles. The second kappa shape index (κ2) is 21.2. The molecular weight excluding hydrogens is 504 g/mol. The van der Waals surface area contributed by atoms with Crippen molar-refractivity contribution in [3.63, 3.8) is 0 Å². The second-order valence-corrected chi connectivity index (χ2v) is 10.5. The Balaban J connectivity index is 4.46. The standard InChI is InChI=1S/C28H50F8O/c1-3-5-15-23(25(29)17-11-7-9-13-19-27(31,32)33)21-37-22-24(16-6-4-2)26(30)18-12-8-10-14-20-28(34,35)36/h23-26H,3-22H2,1-2H3. The van der Waals surface area contributed by atoms with Crippen LogP contribution in [0, 0.1) is 11.8 Å². The highest BCUT2D eigenvalue weighted by Gasteiger charge is 2.27. The fourth-order valence-corrected chi connectivity index (χ4v) is 4.55. The Kier molecular flexibility index (Phi) is 20.9. The summed E-state index contributed by atoms with van der Waals surface area (Å²) in [6.07, 6.45) is -3.45. The van der Waals surface area contributed by atoms with Gasteiger partial charge in [-0.1, -0.05) is 78.1 Å². The van der Waals surface area contributed by atoms with E-state index in [1.54, 1.807) is 0 Å². The van der Waals surface area contributed by atoms with Gasteiger partial charge < -0.3 is 4.74 Å². The van der Waals surface area contributed by atoms with E-state index < -0.39 is 37.5 Å². The van der Waals surface area contributed by atoms with E-state index in [-0.39, 0.29) is 37.9 Å². The van der Waals surface area contributed by atoms with Crippen LogP contribution in [0.1, 0.15) is 129 Å². The van der Waals surface area contributed by atoms with Crippen molar-refractivity contribution in [1.82, 2.24) is 0 Å². The largest absolute Gasteiger partial charge is 0.389 e. The van der Waals surface area contributed by atoms with Gasteiger partial charge >= 0.3 is 12.4 Å². The maximum atomic E-state index is 14.9. The highest BCUT2D eigenvalue weighted by molar-refractivity contribution is 4.73. The Morgan fingerprint density at radius 1 is 0.486 bits per heavy atom. The number of hydrogen-bond acceptors (Lipinski definition) is 1. The number of halogens is 8. The molecule has 4 unspecified atom stereocenters. The Morgan fingerprint density at radius 3 is 1.16 bits per heavy atom. The first-order valence-corrected chi connectivity index (χ1v) is 14.4. The molecule has 4 atom stereocenters. The van der Waals surface area contributed by atoms with Gasteiger partial charge in [0.2, 0.25) is 0 Å². The fraction of sp³-hybridized carbons (Fsp3) is 1.00. The Bertz CT molecular complexity index is 465. The van der Waals surface area contributed by atoms with Crippen molar-refractivity contribution < 1.29 is 39.9 Å². The van der Waals surface area contributed by atoms with Crippen LogP contribution in [-0.4, -0.2) is 37.9 Å². The van der Waals surface area contributed by atoms with E-state index in [0.29, 0.717) is 64.2 Å². The summed E-state index contributed by atoms with van der Waals surface area (Å²) in [5.74, 6) is -0.623. The van der Waals surface area contributed by atoms with Crippen molar-refractivity contribution in [2.24, 2.45) is 11.8 Å². The van der Waals surface area contributed by atoms with Gasteiger partial charge in [0.1, 0.15) is 12.3 Å². The van der Waals surface area contributed by atoms with E-state index >= 15 is 0 Å². The zero-order valence-corrected chi connectivity index (χ0v) is 22.9. The third-order valence-electron chi connectivity index (χ3n) is 6.92. The minimum Gasteiger partial charge on any atom is -0.381 e. The maximum absolute atomic E-state index is 14.9. The summed E-state index contributed by atoms with van der Waals surface area (Å²) >= 11 is 0. The van der Waals surface area contributed by atoms with Crippen LogP contribution in [0.5, 0.6) is 0 Å². The molecule has 0 spiro atoms. The van der Waals surface area contributed by atoms with Crippen molar-refractivity contribution in [3.05, 3.63) is 0 Å². The van der Waals surface area contributed by atoms with Gasteiger partial charge in [-0.3, -0.25) is 0 Å². The van der Waals surface area contributed by atoms with Gasteiger partial charge in [-0.2, -0.15) is 26.3 Å². The molecule has 9 heteroatoms. The molecule has 0 aromatic carbocycles. The van der Waals surface area contributed by atoms with Crippen LogP contribution in [-0.2, 0) is 4.74 Å². The molecular formula is C28H50F8O. The lowest BCUT2D eigenvalue weighted by Crippen LogP contribution is -2.26. The molecule has 0 aliphatic carbocycles. The van der Waals surface area contributed by atoms with Crippen molar-refractivity contribution in [2.45, 2.75) is 154 Å². The van der Waals surface area contributed by atoms with E-state index in [1.165, 1.54) is 0 Å². The third-order valence-corrected chi connectivity index (χ3v) is 6.92. The molecule has 0 amide bonds. The normalized spacial score (nSPS) is 16.1. The number of ether oxygens (including phenoxy) is 1. The molecule has 0 fully saturated rings. The average Bonchev–Trinajstić information content (AvgIpc) is 2.80. The Morgan fingerprint density at radius 2 is 0.838 bits per heavy atom. The molecule has 0 bridgehead atoms. The molecule has 0 radical (unpaired) electrons. The SMILES string of the molecule is CCCCC(COCC(CCCC)C(F)CCCCCCC(F)(F)F)C(F)CCCCCCC(F)(F)F. The van der Waals surface area contributed by atoms with Crippen molar-refractivity contribution in [1.29, 1.82) is 0 Å². The maximum Gasteiger partial charge on any atom is 0.389 e. The van der Waals surface area contributed by atoms with Gasteiger partial charge in [-0.25, -0.2) is 8.78 Å². The Hall–Kier alpha value is -0.600. The van der Waals surface area contributed by atoms with Gasteiger partial charge in [-0.05, 0) is 38.5 Å². The predicted octanol–water partition coefficient (Wildman–Crippen LogP) is 11.1. The molecule has 0 aromatic heterocycles. The molecule has 0 aromatic rings. The van der Waals surface area contributed by atoms with Gasteiger partial charge in [0.05, 0.1) is 13.2 Å². The minimum absolute atomic E-state index is 0.0694. The van der Waals surface area contributed by atoms with Gasteiger partial charge in [0, 0.05) is 24.7 Å². The summed E-state index contributed by atoms with van der Waals surface area (Å²) in [5.41, 5.74) is 0. The zero-order chi connectivity index (χ0) is 28.2. The van der Waals surface area contributed by atoms with Crippen molar-refractivity contribution in [2.75, 3.05) is 13.2 Å². The van der Waals surface area contributed by atoms with Crippen molar-refractivity contribution in [3.8, 4) is 0 Å². The van der Waals surface area contributed by atoms with Crippen molar-refractivity contribution >= 4 is 0 Å². The number of alkyl halides is 8. The molecule has 224 valence electrons. The summed E-state index contributed by atoms with van der Waals surface area (Å²) in [6, 6.07) is 0. The summed E-state index contributed by atoms with van der Waals surface area (Å²) in [7, 11) is 0. The van der Waals surface area contributed by atoms with Crippen LogP contribution in [0.4, 0.5) is 35.1 Å². The van der Waals surface area contributed by atoms with E-state index in [0.717, 1.165) is 25.7 Å². The van der Waals surface area contributed by atoms with Crippen LogP contribution >= 0.6 is 0 Å². The number of rotatable bonds is 24. The minimum atomic E-state index is -4.14. The van der Waals surface area contributed by atoms with Gasteiger partial charge in [-0.15, -0.1) is 0 Å². The smallest absolute Gasteiger partial charge is 0.381 e. The average molecular weight is 555 g/mol. The molecule has 0 N–H and O–H groups in total. The van der Waals surface area contributed by atoms with E-state index in [1.807, 2.05) is 13.8 Å². The number of hydrogen-bond donors (Lipinski definition) is 0. The van der Waals surface area contributed by atoms with Gasteiger partial charge in [0.15, 0.2) is 0 Å². The molecule has 37 heavy (non-hydrogen) atoms. The summed E-state index contributed by atoms with van der Waals surface area (Å²) in [6.45, 7) is 4.43. The monoisotopic (exact) mass is 554 g/mol. The molecule has 0 saturated heterocycles. The summed E-state index contributed by atoms with van der Waals surface area (Å²) in [5, 5.41) is 0. The van der Waals surface area contributed by atoms with Crippen LogP contribution in [0.2, 0.25) is 0 Å². The molecule has 0 aliphatic rings. The van der Waals surface area contributed by atoms with Crippen LogP contribution in [0.25, 0.3) is 0 Å². The molecule has 0 aliphatic heterocycles. The summed E-state index contributed by atoms with van der Waals surface area (Å²) in [4.78, 5) is 0. The van der Waals surface area contributed by atoms with E-state index in [9.17, 15) is 35.1 Å². The lowest BCUT2D eigenvalue weighted by molar-refractivity contribution is -0.136. The van der Waals surface area contributed by atoms with Gasteiger partial charge in [0.25, 0.3) is 0 Å². The zero-order valence-electron chi connectivity index (χ0n) is 22.9. The molecule has 0 heterocycles. The lowest BCUT2D eigenvalue weighted by atomic mass is 9.92. The van der Waals surface area contributed by atoms with Crippen LogP contribution in [0.15, 0.2) is 0 Å². The fourth-order valence-electron chi connectivity index (χ4n) is 4.55. The quantitative estimate of drug-likeness (QED) is 0.0852. The topological polar surface area (TPSA) is 9.23 Å². The highest BCUT2D eigenvalue weighted by Crippen LogP contribution is 2.27. The van der Waals surface area contributed by atoms with E-state index in [4.69, 9.17) is 4.74 Å². The second-order valence-electron chi connectivity index (χ2n) is 10.5. The summed E-state index contributed by atoms with van der Waals surface area (Å²) < 4.78 is 109. The number of unbranched alkanes of at least 4 members (excludes halogenated alkanes) is 8. The molecule has 1 nitrogen and oxygen atoms in total. The highest BCUT2D eigenvalue weighted by atomic mass is 19.4. The lowest BCUT2D eigenvalue weighted by Gasteiger charge is -2.25. The predicted molar refractivity (Wildman–Crippen MR) is 134 cm³/mol. The van der Waals surface area contributed by atoms with E-state index in [2.05, 4.69) is 0 Å².